The standard InChI is InChI=1S/C11H16N2OS/c1-8-6-7-12-11(15-8)9-4-3-5-10(13-9)14-2/h3-5,8,11-12H,6-7H2,1-2H3. The van der Waals surface area contributed by atoms with Crippen LogP contribution in [0.3, 0.4) is 0 Å². The number of pyridine rings is 1. The van der Waals surface area contributed by atoms with Gasteiger partial charge in [-0.15, -0.1) is 11.8 Å². The number of rotatable bonds is 2. The van der Waals surface area contributed by atoms with Gasteiger partial charge in [0.05, 0.1) is 18.2 Å². The minimum absolute atomic E-state index is 0.309. The molecule has 2 rings (SSSR count). The van der Waals surface area contributed by atoms with Gasteiger partial charge in [0.1, 0.15) is 0 Å². The summed E-state index contributed by atoms with van der Waals surface area (Å²) in [6, 6.07) is 5.91. The fourth-order valence-electron chi connectivity index (χ4n) is 1.63. The Morgan fingerprint density at radius 2 is 2.40 bits per heavy atom. The molecule has 2 unspecified atom stereocenters. The molecule has 0 aliphatic carbocycles. The van der Waals surface area contributed by atoms with Crippen LogP contribution in [0.15, 0.2) is 18.2 Å². The molecule has 0 amide bonds. The van der Waals surface area contributed by atoms with Crippen LogP contribution in [0, 0.1) is 0 Å². The van der Waals surface area contributed by atoms with Crippen LogP contribution in [-0.4, -0.2) is 23.9 Å². The number of thioether (sulfide) groups is 1. The highest BCUT2D eigenvalue weighted by molar-refractivity contribution is 8.00. The Bertz CT molecular complexity index is 332. The molecule has 0 aromatic carbocycles. The first-order chi connectivity index (χ1) is 7.29. The van der Waals surface area contributed by atoms with E-state index in [2.05, 4.69) is 17.2 Å². The molecule has 1 aromatic heterocycles. The number of ether oxygens (including phenoxy) is 1. The minimum atomic E-state index is 0.309. The fraction of sp³-hybridized carbons (Fsp3) is 0.545. The van der Waals surface area contributed by atoms with E-state index in [1.54, 1.807) is 7.11 Å². The van der Waals surface area contributed by atoms with Crippen molar-refractivity contribution >= 4 is 11.8 Å². The van der Waals surface area contributed by atoms with Gasteiger partial charge in [-0.1, -0.05) is 13.0 Å². The molecule has 1 fully saturated rings. The number of nitrogens with one attached hydrogen (secondary N) is 1. The third kappa shape index (κ3) is 2.63. The molecule has 2 atom stereocenters. The highest BCUT2D eigenvalue weighted by Crippen LogP contribution is 2.33. The molecule has 0 saturated carbocycles. The Labute approximate surface area is 94.6 Å². The van der Waals surface area contributed by atoms with E-state index in [4.69, 9.17) is 4.74 Å². The van der Waals surface area contributed by atoms with Gasteiger partial charge >= 0.3 is 0 Å². The van der Waals surface area contributed by atoms with Crippen LogP contribution in [0.1, 0.15) is 24.4 Å². The lowest BCUT2D eigenvalue weighted by Gasteiger charge is -2.27. The number of methoxy groups -OCH3 is 1. The summed E-state index contributed by atoms with van der Waals surface area (Å²) in [5.74, 6) is 0.688. The maximum atomic E-state index is 5.12. The summed E-state index contributed by atoms with van der Waals surface area (Å²) in [5.41, 5.74) is 1.06. The van der Waals surface area contributed by atoms with E-state index < -0.39 is 0 Å². The second-order valence-corrected chi connectivity index (χ2v) is 5.22. The summed E-state index contributed by atoms with van der Waals surface area (Å²) < 4.78 is 5.12. The second kappa shape index (κ2) is 4.86. The van der Waals surface area contributed by atoms with Crippen molar-refractivity contribution in [3.05, 3.63) is 23.9 Å². The molecule has 2 heterocycles. The molecule has 4 heteroatoms. The third-order valence-corrected chi connectivity index (χ3v) is 3.85. The van der Waals surface area contributed by atoms with E-state index in [-0.39, 0.29) is 0 Å². The van der Waals surface area contributed by atoms with Gasteiger partial charge in [0.25, 0.3) is 0 Å². The van der Waals surface area contributed by atoms with E-state index in [0.29, 0.717) is 16.5 Å². The molecule has 15 heavy (non-hydrogen) atoms. The summed E-state index contributed by atoms with van der Waals surface area (Å²) in [6.45, 7) is 3.33. The fourth-order valence-corrected chi connectivity index (χ4v) is 2.83. The molecule has 1 saturated heterocycles. The second-order valence-electron chi connectivity index (χ2n) is 3.67. The molecule has 0 spiro atoms. The predicted octanol–water partition coefficient (Wildman–Crippen LogP) is 2.20. The lowest BCUT2D eigenvalue weighted by molar-refractivity contribution is 0.395. The highest BCUT2D eigenvalue weighted by atomic mass is 32.2. The van der Waals surface area contributed by atoms with Crippen molar-refractivity contribution in [2.75, 3.05) is 13.7 Å². The highest BCUT2D eigenvalue weighted by Gasteiger charge is 2.21. The Morgan fingerprint density at radius 3 is 3.13 bits per heavy atom. The zero-order chi connectivity index (χ0) is 10.7. The Morgan fingerprint density at radius 1 is 1.53 bits per heavy atom. The Kier molecular flexibility index (Phi) is 3.49. The van der Waals surface area contributed by atoms with Crippen LogP contribution in [0.4, 0.5) is 0 Å². The predicted molar refractivity (Wildman–Crippen MR) is 63.2 cm³/mol. The first kappa shape index (κ1) is 10.8. The van der Waals surface area contributed by atoms with Crippen molar-refractivity contribution in [2.24, 2.45) is 0 Å². The molecule has 1 N–H and O–H groups in total. The van der Waals surface area contributed by atoms with Crippen molar-refractivity contribution in [3.8, 4) is 5.88 Å². The molecule has 1 aliphatic rings. The maximum Gasteiger partial charge on any atom is 0.213 e. The van der Waals surface area contributed by atoms with Crippen LogP contribution in [0.2, 0.25) is 0 Å². The summed E-state index contributed by atoms with van der Waals surface area (Å²) >= 11 is 1.93. The Hall–Kier alpha value is -0.740. The van der Waals surface area contributed by atoms with E-state index >= 15 is 0 Å². The molecular formula is C11H16N2OS. The summed E-state index contributed by atoms with van der Waals surface area (Å²) in [5, 5.41) is 4.47. The zero-order valence-electron chi connectivity index (χ0n) is 9.06. The van der Waals surface area contributed by atoms with Gasteiger partial charge < -0.3 is 10.1 Å². The van der Waals surface area contributed by atoms with Crippen molar-refractivity contribution < 1.29 is 4.74 Å². The van der Waals surface area contributed by atoms with E-state index in [9.17, 15) is 0 Å². The molecule has 82 valence electrons. The quantitative estimate of drug-likeness (QED) is 0.835. The molecule has 0 radical (unpaired) electrons. The SMILES string of the molecule is COc1cccc(C2NCCC(C)S2)n1. The zero-order valence-corrected chi connectivity index (χ0v) is 9.88. The van der Waals surface area contributed by atoms with Crippen molar-refractivity contribution in [1.82, 2.24) is 10.3 Å². The van der Waals surface area contributed by atoms with E-state index in [1.807, 2.05) is 30.0 Å². The number of hydrogen-bond donors (Lipinski definition) is 1. The summed E-state index contributed by atoms with van der Waals surface area (Å²) in [6.07, 6.45) is 1.23. The van der Waals surface area contributed by atoms with Crippen LogP contribution < -0.4 is 10.1 Å². The molecule has 0 bridgehead atoms. The van der Waals surface area contributed by atoms with Gasteiger partial charge in [-0.2, -0.15) is 0 Å². The first-order valence-electron chi connectivity index (χ1n) is 5.19. The van der Waals surface area contributed by atoms with Gasteiger partial charge in [0.15, 0.2) is 0 Å². The number of hydrogen-bond acceptors (Lipinski definition) is 4. The van der Waals surface area contributed by atoms with Crippen LogP contribution in [-0.2, 0) is 0 Å². The summed E-state index contributed by atoms with van der Waals surface area (Å²) in [7, 11) is 1.65. The van der Waals surface area contributed by atoms with Gasteiger partial charge in [-0.05, 0) is 19.0 Å². The molecule has 1 aromatic rings. The maximum absolute atomic E-state index is 5.12. The minimum Gasteiger partial charge on any atom is -0.481 e. The first-order valence-corrected chi connectivity index (χ1v) is 6.13. The lowest BCUT2D eigenvalue weighted by Crippen LogP contribution is -2.29. The van der Waals surface area contributed by atoms with Gasteiger partial charge in [-0.3, -0.25) is 0 Å². The number of nitrogens with zero attached hydrogens (tertiary/aromatic N) is 1. The van der Waals surface area contributed by atoms with Gasteiger partial charge in [-0.25, -0.2) is 4.98 Å². The van der Waals surface area contributed by atoms with Crippen molar-refractivity contribution in [2.45, 2.75) is 24.0 Å². The van der Waals surface area contributed by atoms with Crippen LogP contribution in [0.5, 0.6) is 5.88 Å². The molecular weight excluding hydrogens is 208 g/mol. The topological polar surface area (TPSA) is 34.1 Å². The van der Waals surface area contributed by atoms with Crippen LogP contribution in [0.25, 0.3) is 0 Å². The van der Waals surface area contributed by atoms with Gasteiger partial charge in [0, 0.05) is 11.3 Å². The number of aromatic nitrogens is 1. The van der Waals surface area contributed by atoms with Gasteiger partial charge in [0.2, 0.25) is 5.88 Å². The van der Waals surface area contributed by atoms with Crippen molar-refractivity contribution in [1.29, 1.82) is 0 Å². The van der Waals surface area contributed by atoms with E-state index in [1.165, 1.54) is 6.42 Å². The lowest BCUT2D eigenvalue weighted by atomic mass is 10.3. The van der Waals surface area contributed by atoms with E-state index in [0.717, 1.165) is 12.2 Å². The summed E-state index contributed by atoms with van der Waals surface area (Å²) in [4.78, 5) is 4.44. The monoisotopic (exact) mass is 224 g/mol. The smallest absolute Gasteiger partial charge is 0.213 e. The molecule has 1 aliphatic heterocycles. The third-order valence-electron chi connectivity index (χ3n) is 2.47. The largest absolute Gasteiger partial charge is 0.481 e. The Balaban J connectivity index is 2.13. The average Bonchev–Trinajstić information content (AvgIpc) is 2.29. The average molecular weight is 224 g/mol. The normalized spacial score (nSPS) is 26.3. The molecule has 3 nitrogen and oxygen atoms in total. The van der Waals surface area contributed by atoms with Crippen LogP contribution >= 0.6 is 11.8 Å². The van der Waals surface area contributed by atoms with Crippen molar-refractivity contribution in [3.63, 3.8) is 0 Å².